The van der Waals surface area contributed by atoms with Gasteiger partial charge in [-0.2, -0.15) is 4.98 Å². The standard InChI is InChI=1S/C9H13N3O.ClH/c1-2-7(10-5-1)9-11-8(12-13-9)6-3-4-6;/h6-7,10H,1-5H2;1H/t7-;/m0./s1. The molecule has 1 aromatic rings. The molecule has 14 heavy (non-hydrogen) atoms. The molecule has 0 amide bonds. The second-order valence-corrected chi connectivity index (χ2v) is 3.91. The minimum absolute atomic E-state index is 0. The first kappa shape index (κ1) is 9.93. The smallest absolute Gasteiger partial charge is 0.243 e. The van der Waals surface area contributed by atoms with E-state index >= 15 is 0 Å². The average Bonchev–Trinajstić information content (AvgIpc) is 2.72. The highest BCUT2D eigenvalue weighted by Gasteiger charge is 2.30. The van der Waals surface area contributed by atoms with Crippen molar-refractivity contribution in [2.24, 2.45) is 0 Å². The zero-order valence-electron chi connectivity index (χ0n) is 7.90. The van der Waals surface area contributed by atoms with Crippen LogP contribution in [0, 0.1) is 0 Å². The third-order valence-corrected chi connectivity index (χ3v) is 2.76. The molecule has 3 rings (SSSR count). The first-order valence-corrected chi connectivity index (χ1v) is 5.00. The van der Waals surface area contributed by atoms with Crippen molar-refractivity contribution in [3.05, 3.63) is 11.7 Å². The molecule has 1 aromatic heterocycles. The Kier molecular flexibility index (Phi) is 2.74. The quantitative estimate of drug-likeness (QED) is 0.818. The molecular weight excluding hydrogens is 202 g/mol. The van der Waals surface area contributed by atoms with Gasteiger partial charge in [-0.15, -0.1) is 12.4 Å². The zero-order valence-corrected chi connectivity index (χ0v) is 8.72. The van der Waals surface area contributed by atoms with Gasteiger partial charge in [-0.1, -0.05) is 5.16 Å². The molecule has 4 nitrogen and oxygen atoms in total. The highest BCUT2D eigenvalue weighted by molar-refractivity contribution is 5.85. The molecule has 1 saturated heterocycles. The van der Waals surface area contributed by atoms with Crippen molar-refractivity contribution in [3.8, 4) is 0 Å². The molecule has 1 saturated carbocycles. The highest BCUT2D eigenvalue weighted by atomic mass is 35.5. The van der Waals surface area contributed by atoms with E-state index in [1.165, 1.54) is 19.3 Å². The molecule has 1 N–H and O–H groups in total. The maximum absolute atomic E-state index is 5.23. The molecule has 2 heterocycles. The summed E-state index contributed by atoms with van der Waals surface area (Å²) in [5, 5.41) is 7.35. The van der Waals surface area contributed by atoms with Gasteiger partial charge in [-0.05, 0) is 32.2 Å². The Bertz CT molecular complexity index is 305. The monoisotopic (exact) mass is 215 g/mol. The van der Waals surface area contributed by atoms with Crippen LogP contribution in [0.15, 0.2) is 4.52 Å². The Morgan fingerprint density at radius 2 is 2.14 bits per heavy atom. The number of nitrogens with one attached hydrogen (secondary N) is 1. The molecule has 0 unspecified atom stereocenters. The summed E-state index contributed by atoms with van der Waals surface area (Å²) in [6, 6.07) is 0.319. The minimum Gasteiger partial charge on any atom is -0.338 e. The Morgan fingerprint density at radius 1 is 1.29 bits per heavy atom. The third kappa shape index (κ3) is 1.77. The molecule has 2 aliphatic rings. The summed E-state index contributed by atoms with van der Waals surface area (Å²) in [5.41, 5.74) is 0. The Hall–Kier alpha value is -0.610. The van der Waals surface area contributed by atoms with E-state index in [-0.39, 0.29) is 12.4 Å². The fourth-order valence-corrected chi connectivity index (χ4v) is 1.79. The Labute approximate surface area is 88.9 Å². The second-order valence-electron chi connectivity index (χ2n) is 3.91. The van der Waals surface area contributed by atoms with Crippen LogP contribution in [-0.4, -0.2) is 16.7 Å². The fraction of sp³-hybridized carbons (Fsp3) is 0.778. The molecule has 78 valence electrons. The number of hydrogen-bond donors (Lipinski definition) is 1. The molecule has 0 radical (unpaired) electrons. The van der Waals surface area contributed by atoms with Gasteiger partial charge < -0.3 is 9.84 Å². The fourth-order valence-electron chi connectivity index (χ4n) is 1.79. The number of hydrogen-bond acceptors (Lipinski definition) is 4. The summed E-state index contributed by atoms with van der Waals surface area (Å²) in [6.07, 6.45) is 4.81. The van der Waals surface area contributed by atoms with Crippen LogP contribution in [0.3, 0.4) is 0 Å². The maximum Gasteiger partial charge on any atom is 0.243 e. The lowest BCUT2D eigenvalue weighted by molar-refractivity contribution is 0.341. The van der Waals surface area contributed by atoms with Gasteiger partial charge >= 0.3 is 0 Å². The van der Waals surface area contributed by atoms with E-state index in [4.69, 9.17) is 4.52 Å². The van der Waals surface area contributed by atoms with Crippen molar-refractivity contribution in [1.82, 2.24) is 15.5 Å². The van der Waals surface area contributed by atoms with Crippen molar-refractivity contribution >= 4 is 12.4 Å². The lowest BCUT2D eigenvalue weighted by Crippen LogP contribution is -2.13. The minimum atomic E-state index is 0. The van der Waals surface area contributed by atoms with Crippen LogP contribution in [0.1, 0.15) is 49.4 Å². The second kappa shape index (κ2) is 3.87. The van der Waals surface area contributed by atoms with Crippen molar-refractivity contribution in [2.75, 3.05) is 6.54 Å². The molecule has 0 bridgehead atoms. The summed E-state index contributed by atoms with van der Waals surface area (Å²) in [4.78, 5) is 4.41. The van der Waals surface area contributed by atoms with Crippen LogP contribution in [0.5, 0.6) is 0 Å². The molecular formula is C9H14ClN3O. The normalized spacial score (nSPS) is 26.1. The van der Waals surface area contributed by atoms with Crippen LogP contribution in [0.4, 0.5) is 0 Å². The molecule has 1 atom stereocenters. The molecule has 5 heteroatoms. The van der Waals surface area contributed by atoms with Crippen molar-refractivity contribution in [3.63, 3.8) is 0 Å². The van der Waals surface area contributed by atoms with Crippen LogP contribution in [0.25, 0.3) is 0 Å². The van der Waals surface area contributed by atoms with Crippen LogP contribution in [-0.2, 0) is 0 Å². The summed E-state index contributed by atoms with van der Waals surface area (Å²) in [6.45, 7) is 1.08. The van der Waals surface area contributed by atoms with Crippen molar-refractivity contribution in [1.29, 1.82) is 0 Å². The van der Waals surface area contributed by atoms with Gasteiger partial charge in [0, 0.05) is 5.92 Å². The highest BCUT2D eigenvalue weighted by Crippen LogP contribution is 2.38. The van der Waals surface area contributed by atoms with Gasteiger partial charge in [0.2, 0.25) is 5.89 Å². The van der Waals surface area contributed by atoms with E-state index in [0.717, 1.165) is 24.7 Å². The first-order chi connectivity index (χ1) is 6.43. The number of rotatable bonds is 2. The van der Waals surface area contributed by atoms with Gasteiger partial charge in [0.05, 0.1) is 6.04 Å². The van der Waals surface area contributed by atoms with Crippen LogP contribution >= 0.6 is 12.4 Å². The number of aromatic nitrogens is 2. The average molecular weight is 216 g/mol. The number of halogens is 1. The lowest BCUT2D eigenvalue weighted by Gasteiger charge is -2.01. The molecule has 1 aliphatic heterocycles. The van der Waals surface area contributed by atoms with E-state index in [1.54, 1.807) is 0 Å². The zero-order chi connectivity index (χ0) is 8.67. The molecule has 0 aromatic carbocycles. The topological polar surface area (TPSA) is 51.0 Å². The molecule has 1 aliphatic carbocycles. The molecule has 0 spiro atoms. The van der Waals surface area contributed by atoms with E-state index < -0.39 is 0 Å². The SMILES string of the molecule is C1CN[C@H](c2nc(C3CC3)no2)C1.Cl. The predicted octanol–water partition coefficient (Wildman–Crippen LogP) is 1.79. The largest absolute Gasteiger partial charge is 0.338 e. The van der Waals surface area contributed by atoms with E-state index in [1.807, 2.05) is 0 Å². The Balaban J connectivity index is 0.000000750. The van der Waals surface area contributed by atoms with E-state index in [0.29, 0.717) is 12.0 Å². The van der Waals surface area contributed by atoms with E-state index in [2.05, 4.69) is 15.5 Å². The van der Waals surface area contributed by atoms with Gasteiger partial charge in [0.15, 0.2) is 5.82 Å². The summed E-state index contributed by atoms with van der Waals surface area (Å²) >= 11 is 0. The van der Waals surface area contributed by atoms with Crippen molar-refractivity contribution in [2.45, 2.75) is 37.6 Å². The van der Waals surface area contributed by atoms with Crippen LogP contribution < -0.4 is 5.32 Å². The number of nitrogens with zero attached hydrogens (tertiary/aromatic N) is 2. The van der Waals surface area contributed by atoms with Crippen LogP contribution in [0.2, 0.25) is 0 Å². The van der Waals surface area contributed by atoms with Gasteiger partial charge in [0.25, 0.3) is 0 Å². The third-order valence-electron chi connectivity index (χ3n) is 2.76. The van der Waals surface area contributed by atoms with E-state index in [9.17, 15) is 0 Å². The van der Waals surface area contributed by atoms with Crippen molar-refractivity contribution < 1.29 is 4.52 Å². The summed E-state index contributed by atoms with van der Waals surface area (Å²) in [5.74, 6) is 2.31. The summed E-state index contributed by atoms with van der Waals surface area (Å²) in [7, 11) is 0. The Morgan fingerprint density at radius 3 is 2.79 bits per heavy atom. The lowest BCUT2D eigenvalue weighted by atomic mass is 10.2. The first-order valence-electron chi connectivity index (χ1n) is 5.00. The summed E-state index contributed by atoms with van der Waals surface area (Å²) < 4.78 is 5.23. The predicted molar refractivity (Wildman–Crippen MR) is 53.5 cm³/mol. The van der Waals surface area contributed by atoms with Gasteiger partial charge in [0.1, 0.15) is 0 Å². The van der Waals surface area contributed by atoms with Gasteiger partial charge in [-0.3, -0.25) is 0 Å². The van der Waals surface area contributed by atoms with Gasteiger partial charge in [-0.25, -0.2) is 0 Å². The maximum atomic E-state index is 5.23. The molecule has 2 fully saturated rings.